The molecule has 28 heavy (non-hydrogen) atoms. The van der Waals surface area contributed by atoms with Gasteiger partial charge in [-0.15, -0.1) is 11.3 Å². The van der Waals surface area contributed by atoms with Crippen LogP contribution in [0.5, 0.6) is 5.75 Å². The summed E-state index contributed by atoms with van der Waals surface area (Å²) >= 11 is 2.81. The summed E-state index contributed by atoms with van der Waals surface area (Å²) in [5, 5.41) is 3.41. The lowest BCUT2D eigenvalue weighted by molar-refractivity contribution is 0.102. The molecule has 0 radical (unpaired) electrons. The van der Waals surface area contributed by atoms with E-state index < -0.39 is 0 Å². The Bertz CT molecular complexity index is 947. The Morgan fingerprint density at radius 1 is 1.25 bits per heavy atom. The maximum atomic E-state index is 12.7. The first-order valence-corrected chi connectivity index (χ1v) is 10.7. The topological polar surface area (TPSA) is 67.4 Å². The minimum Gasteiger partial charge on any atom is -0.497 e. The third kappa shape index (κ3) is 4.76. The van der Waals surface area contributed by atoms with Gasteiger partial charge >= 0.3 is 0 Å². The van der Waals surface area contributed by atoms with E-state index in [-0.39, 0.29) is 5.91 Å². The molecule has 0 saturated heterocycles. The second kappa shape index (κ2) is 9.27. The Kier molecular flexibility index (Phi) is 6.77. The van der Waals surface area contributed by atoms with Crippen LogP contribution in [0.25, 0.3) is 10.4 Å². The predicted molar refractivity (Wildman–Crippen MR) is 116 cm³/mol. The monoisotopic (exact) mass is 416 g/mol. The van der Waals surface area contributed by atoms with Crippen molar-refractivity contribution in [1.82, 2.24) is 14.3 Å². The standard InChI is InChI=1S/C20H24N4O2S2/c1-5-24(6-2)12-18-21-20(28-23-18)22-19(25)16-11-17(27-13(16)3)14-8-7-9-15(10-14)26-4/h7-11H,5-6,12H2,1-4H3,(H,21,22,23,25). The zero-order valence-corrected chi connectivity index (χ0v) is 18.1. The molecule has 6 nitrogen and oxygen atoms in total. The molecule has 1 N–H and O–H groups in total. The van der Waals surface area contributed by atoms with Crippen LogP contribution in [0, 0.1) is 6.92 Å². The number of amides is 1. The van der Waals surface area contributed by atoms with Gasteiger partial charge in [0.2, 0.25) is 5.13 Å². The Morgan fingerprint density at radius 2 is 2.04 bits per heavy atom. The highest BCUT2D eigenvalue weighted by Gasteiger charge is 2.17. The smallest absolute Gasteiger partial charge is 0.258 e. The molecule has 1 amide bonds. The van der Waals surface area contributed by atoms with Crippen molar-refractivity contribution in [3.05, 3.63) is 46.6 Å². The van der Waals surface area contributed by atoms with Crippen molar-refractivity contribution >= 4 is 33.9 Å². The third-order valence-corrected chi connectivity index (χ3v) is 6.23. The van der Waals surface area contributed by atoms with Crippen LogP contribution in [0.1, 0.15) is 34.9 Å². The van der Waals surface area contributed by atoms with E-state index in [0.717, 1.165) is 40.0 Å². The molecule has 2 heterocycles. The molecule has 0 aliphatic heterocycles. The Labute approximate surface area is 173 Å². The van der Waals surface area contributed by atoms with Gasteiger partial charge < -0.3 is 4.74 Å². The van der Waals surface area contributed by atoms with Crippen LogP contribution in [0.4, 0.5) is 5.13 Å². The molecule has 0 fully saturated rings. The number of benzene rings is 1. The summed E-state index contributed by atoms with van der Waals surface area (Å²) in [5.74, 6) is 1.38. The van der Waals surface area contributed by atoms with Crippen LogP contribution in [0.15, 0.2) is 30.3 Å². The average molecular weight is 417 g/mol. The zero-order valence-electron chi connectivity index (χ0n) is 16.5. The number of hydrogen-bond donors (Lipinski definition) is 1. The van der Waals surface area contributed by atoms with Crippen LogP contribution in [0.3, 0.4) is 0 Å². The summed E-state index contributed by atoms with van der Waals surface area (Å²) in [5.41, 5.74) is 1.69. The number of anilines is 1. The molecular formula is C20H24N4O2S2. The van der Waals surface area contributed by atoms with Gasteiger partial charge in [-0.05, 0) is 43.8 Å². The van der Waals surface area contributed by atoms with E-state index in [0.29, 0.717) is 17.2 Å². The summed E-state index contributed by atoms with van der Waals surface area (Å²) in [6, 6.07) is 9.75. The Morgan fingerprint density at radius 3 is 2.75 bits per heavy atom. The SMILES string of the molecule is CCN(CC)Cc1nsc(NC(=O)c2cc(-c3cccc(OC)c3)sc2C)n1. The first kappa shape index (κ1) is 20.4. The number of nitrogens with one attached hydrogen (secondary N) is 1. The lowest BCUT2D eigenvalue weighted by Crippen LogP contribution is -2.22. The summed E-state index contributed by atoms with van der Waals surface area (Å²) in [4.78, 5) is 21.4. The minimum atomic E-state index is -0.159. The van der Waals surface area contributed by atoms with Crippen LogP contribution < -0.4 is 10.1 Å². The fourth-order valence-corrected chi connectivity index (χ4v) is 4.39. The molecule has 0 bridgehead atoms. The van der Waals surface area contributed by atoms with Crippen molar-refractivity contribution in [2.75, 3.05) is 25.5 Å². The molecule has 0 aliphatic carbocycles. The first-order valence-electron chi connectivity index (χ1n) is 9.15. The Balaban J connectivity index is 1.73. The van der Waals surface area contributed by atoms with Gasteiger partial charge in [0.05, 0.1) is 19.2 Å². The fraction of sp³-hybridized carbons (Fsp3) is 0.350. The van der Waals surface area contributed by atoms with Gasteiger partial charge in [0, 0.05) is 21.3 Å². The van der Waals surface area contributed by atoms with E-state index in [1.807, 2.05) is 37.3 Å². The van der Waals surface area contributed by atoms with Crippen LogP contribution >= 0.6 is 22.9 Å². The average Bonchev–Trinajstić information content (AvgIpc) is 3.32. The molecule has 8 heteroatoms. The van der Waals surface area contributed by atoms with Crippen LogP contribution in [-0.2, 0) is 6.54 Å². The maximum Gasteiger partial charge on any atom is 0.258 e. The van der Waals surface area contributed by atoms with Gasteiger partial charge in [-0.3, -0.25) is 15.0 Å². The second-order valence-electron chi connectivity index (χ2n) is 6.24. The van der Waals surface area contributed by atoms with E-state index in [9.17, 15) is 4.79 Å². The number of aromatic nitrogens is 2. The lowest BCUT2D eigenvalue weighted by Gasteiger charge is -2.14. The van der Waals surface area contributed by atoms with Crippen molar-refractivity contribution in [3.63, 3.8) is 0 Å². The molecule has 1 aromatic carbocycles. The molecule has 0 unspecified atom stereocenters. The maximum absolute atomic E-state index is 12.7. The number of methoxy groups -OCH3 is 1. The number of ether oxygens (including phenoxy) is 1. The fourth-order valence-electron chi connectivity index (χ4n) is 2.81. The molecule has 0 atom stereocenters. The van der Waals surface area contributed by atoms with E-state index in [1.165, 1.54) is 11.5 Å². The Hall–Kier alpha value is -2.29. The molecule has 2 aromatic heterocycles. The number of carbonyl (C=O) groups excluding carboxylic acids is 1. The molecule has 148 valence electrons. The van der Waals surface area contributed by atoms with Crippen molar-refractivity contribution in [1.29, 1.82) is 0 Å². The van der Waals surface area contributed by atoms with Gasteiger partial charge in [-0.1, -0.05) is 26.0 Å². The van der Waals surface area contributed by atoms with E-state index >= 15 is 0 Å². The number of aryl methyl sites for hydroxylation is 1. The lowest BCUT2D eigenvalue weighted by atomic mass is 10.1. The summed E-state index contributed by atoms with van der Waals surface area (Å²) < 4.78 is 9.65. The normalized spacial score (nSPS) is 11.0. The summed E-state index contributed by atoms with van der Waals surface area (Å²) in [7, 11) is 1.65. The van der Waals surface area contributed by atoms with Crippen LogP contribution in [-0.4, -0.2) is 40.4 Å². The predicted octanol–water partition coefficient (Wildman–Crippen LogP) is 4.68. The highest BCUT2D eigenvalue weighted by molar-refractivity contribution is 7.15. The number of thiophene rings is 1. The van der Waals surface area contributed by atoms with Crippen molar-refractivity contribution in [2.24, 2.45) is 0 Å². The highest BCUT2D eigenvalue weighted by atomic mass is 32.1. The van der Waals surface area contributed by atoms with Gasteiger partial charge in [0.1, 0.15) is 5.75 Å². The number of hydrogen-bond acceptors (Lipinski definition) is 7. The molecule has 0 saturated carbocycles. The quantitative estimate of drug-likeness (QED) is 0.578. The third-order valence-electron chi connectivity index (χ3n) is 4.46. The van der Waals surface area contributed by atoms with Crippen molar-refractivity contribution in [2.45, 2.75) is 27.3 Å². The molecular weight excluding hydrogens is 392 g/mol. The van der Waals surface area contributed by atoms with Crippen LogP contribution in [0.2, 0.25) is 0 Å². The highest BCUT2D eigenvalue weighted by Crippen LogP contribution is 2.33. The second-order valence-corrected chi connectivity index (χ2v) is 8.25. The zero-order chi connectivity index (χ0) is 20.1. The number of rotatable bonds is 8. The number of carbonyl (C=O) groups is 1. The van der Waals surface area contributed by atoms with Gasteiger partial charge in [-0.2, -0.15) is 4.37 Å². The van der Waals surface area contributed by atoms with E-state index in [2.05, 4.69) is 33.4 Å². The van der Waals surface area contributed by atoms with Gasteiger partial charge in [0.15, 0.2) is 5.82 Å². The summed E-state index contributed by atoms with van der Waals surface area (Å²) in [6.45, 7) is 8.75. The van der Waals surface area contributed by atoms with E-state index in [1.54, 1.807) is 18.4 Å². The van der Waals surface area contributed by atoms with Crippen molar-refractivity contribution < 1.29 is 9.53 Å². The molecule has 0 aliphatic rings. The molecule has 3 aromatic rings. The molecule has 0 spiro atoms. The van der Waals surface area contributed by atoms with Crippen molar-refractivity contribution in [3.8, 4) is 16.2 Å². The minimum absolute atomic E-state index is 0.159. The van der Waals surface area contributed by atoms with E-state index in [4.69, 9.17) is 4.74 Å². The molecule has 3 rings (SSSR count). The summed E-state index contributed by atoms with van der Waals surface area (Å²) in [6.07, 6.45) is 0. The largest absolute Gasteiger partial charge is 0.497 e. The van der Waals surface area contributed by atoms with Gasteiger partial charge in [-0.25, -0.2) is 4.98 Å². The first-order chi connectivity index (χ1) is 13.5. The number of nitrogens with zero attached hydrogens (tertiary/aromatic N) is 3. The van der Waals surface area contributed by atoms with Gasteiger partial charge in [0.25, 0.3) is 5.91 Å².